The molecule has 0 aliphatic carbocycles. The molecule has 2 aliphatic rings. The van der Waals surface area contributed by atoms with Crippen LogP contribution in [-0.2, 0) is 9.59 Å². The Hall–Kier alpha value is -1.04. The van der Waals surface area contributed by atoms with Crippen molar-refractivity contribution in [3.8, 4) is 0 Å². The van der Waals surface area contributed by atoms with Gasteiger partial charge in [-0.15, -0.1) is 0 Å². The normalized spacial score (nSPS) is 22.3. The zero-order valence-electron chi connectivity index (χ0n) is 11.6. The van der Waals surface area contributed by atoms with Crippen molar-refractivity contribution in [2.24, 2.45) is 5.41 Å². The molecule has 0 bridgehead atoms. The maximum absolute atomic E-state index is 12.2. The summed E-state index contributed by atoms with van der Waals surface area (Å²) >= 11 is 1.08. The van der Waals surface area contributed by atoms with E-state index in [0.717, 1.165) is 11.8 Å². The number of rotatable bonds is 1. The zero-order valence-corrected chi connectivity index (χ0v) is 12.5. The number of hydrogen-bond donors (Lipinski definition) is 0. The third-order valence-electron chi connectivity index (χ3n) is 3.54. The van der Waals surface area contributed by atoms with Crippen LogP contribution in [0, 0.1) is 5.41 Å². The number of amides is 3. The highest BCUT2D eigenvalue weighted by Crippen LogP contribution is 2.28. The summed E-state index contributed by atoms with van der Waals surface area (Å²) in [4.78, 5) is 38.7. The fourth-order valence-corrected chi connectivity index (χ4v) is 3.29. The average molecular weight is 284 g/mol. The van der Waals surface area contributed by atoms with Gasteiger partial charge in [-0.05, 0) is 12.8 Å². The third-order valence-corrected chi connectivity index (χ3v) is 4.38. The monoisotopic (exact) mass is 284 g/mol. The van der Waals surface area contributed by atoms with Gasteiger partial charge in [-0.2, -0.15) is 0 Å². The fourth-order valence-electron chi connectivity index (χ4n) is 2.52. The van der Waals surface area contributed by atoms with Crippen LogP contribution in [0.3, 0.4) is 0 Å². The molecule has 0 aromatic rings. The lowest BCUT2D eigenvalue weighted by atomic mass is 9.92. The number of imide groups is 1. The quantitative estimate of drug-likeness (QED) is 0.735. The van der Waals surface area contributed by atoms with Gasteiger partial charge in [-0.25, -0.2) is 0 Å². The van der Waals surface area contributed by atoms with Crippen molar-refractivity contribution in [3.05, 3.63) is 0 Å². The van der Waals surface area contributed by atoms with Crippen molar-refractivity contribution >= 4 is 28.8 Å². The molecule has 0 radical (unpaired) electrons. The Morgan fingerprint density at radius 1 is 1.21 bits per heavy atom. The maximum atomic E-state index is 12.2. The van der Waals surface area contributed by atoms with Gasteiger partial charge in [0.15, 0.2) is 0 Å². The summed E-state index contributed by atoms with van der Waals surface area (Å²) in [6.45, 7) is 6.98. The van der Waals surface area contributed by atoms with E-state index in [-0.39, 0.29) is 34.3 Å². The Morgan fingerprint density at radius 3 is 2.21 bits per heavy atom. The lowest BCUT2D eigenvalue weighted by Crippen LogP contribution is -2.50. The molecule has 0 unspecified atom stereocenters. The summed E-state index contributed by atoms with van der Waals surface area (Å²) in [5, 5.41) is -0.134. The number of hydrogen-bond acceptors (Lipinski definition) is 4. The average Bonchev–Trinajstić information content (AvgIpc) is 2.67. The first kappa shape index (κ1) is 14.4. The van der Waals surface area contributed by atoms with Crippen LogP contribution in [0.1, 0.15) is 33.6 Å². The summed E-state index contributed by atoms with van der Waals surface area (Å²) in [6, 6.07) is -0.0287. The summed E-state index contributed by atoms with van der Waals surface area (Å²) < 4.78 is 0. The van der Waals surface area contributed by atoms with Crippen molar-refractivity contribution in [2.75, 3.05) is 18.8 Å². The summed E-state index contributed by atoms with van der Waals surface area (Å²) in [5.41, 5.74) is -0.373. The van der Waals surface area contributed by atoms with Crippen LogP contribution in [0.25, 0.3) is 0 Å². The number of nitrogens with zero attached hydrogens (tertiary/aromatic N) is 2. The van der Waals surface area contributed by atoms with Crippen LogP contribution in [-0.4, -0.2) is 51.7 Å². The number of piperidine rings is 1. The topological polar surface area (TPSA) is 57.7 Å². The van der Waals surface area contributed by atoms with Crippen molar-refractivity contribution in [3.63, 3.8) is 0 Å². The SMILES string of the molecule is CC(C)(C)C(=O)N1CCC(N2C(=O)CSC2=O)CC1. The van der Waals surface area contributed by atoms with Crippen LogP contribution < -0.4 is 0 Å². The first-order valence-corrected chi connectivity index (χ1v) is 7.57. The number of carbonyl (C=O) groups excluding carboxylic acids is 3. The highest BCUT2D eigenvalue weighted by molar-refractivity contribution is 8.14. The molecule has 6 heteroatoms. The van der Waals surface area contributed by atoms with Gasteiger partial charge in [-0.3, -0.25) is 19.3 Å². The number of thioether (sulfide) groups is 1. The molecule has 19 heavy (non-hydrogen) atoms. The van der Waals surface area contributed by atoms with Gasteiger partial charge < -0.3 is 4.90 Å². The van der Waals surface area contributed by atoms with Gasteiger partial charge in [0.25, 0.3) is 5.24 Å². The predicted molar refractivity (Wildman–Crippen MR) is 73.8 cm³/mol. The van der Waals surface area contributed by atoms with Crippen LogP contribution in [0.15, 0.2) is 0 Å². The highest BCUT2D eigenvalue weighted by atomic mass is 32.2. The standard InChI is InChI=1S/C13H20N2O3S/c1-13(2,3)11(17)14-6-4-9(5-7-14)15-10(16)8-19-12(15)18/h9H,4-8H2,1-3H3. The first-order valence-electron chi connectivity index (χ1n) is 6.59. The largest absolute Gasteiger partial charge is 0.342 e. The van der Waals surface area contributed by atoms with Crippen LogP contribution in [0.2, 0.25) is 0 Å². The van der Waals surface area contributed by atoms with Crippen molar-refractivity contribution in [1.29, 1.82) is 0 Å². The van der Waals surface area contributed by atoms with E-state index >= 15 is 0 Å². The number of likely N-dealkylation sites (tertiary alicyclic amines) is 1. The van der Waals surface area contributed by atoms with E-state index in [2.05, 4.69) is 0 Å². The minimum atomic E-state index is -0.373. The van der Waals surface area contributed by atoms with Crippen molar-refractivity contribution in [1.82, 2.24) is 9.80 Å². The van der Waals surface area contributed by atoms with E-state index in [1.807, 2.05) is 25.7 Å². The maximum Gasteiger partial charge on any atom is 0.289 e. The van der Waals surface area contributed by atoms with E-state index in [0.29, 0.717) is 25.9 Å². The molecular weight excluding hydrogens is 264 g/mol. The van der Waals surface area contributed by atoms with Crippen molar-refractivity contribution in [2.45, 2.75) is 39.7 Å². The summed E-state index contributed by atoms with van der Waals surface area (Å²) in [5.74, 6) is 0.315. The van der Waals surface area contributed by atoms with Gasteiger partial charge in [0, 0.05) is 24.5 Å². The predicted octanol–water partition coefficient (Wildman–Crippen LogP) is 1.72. The second kappa shape index (κ2) is 5.15. The van der Waals surface area contributed by atoms with E-state index in [1.54, 1.807) is 0 Å². The van der Waals surface area contributed by atoms with E-state index in [4.69, 9.17) is 0 Å². The molecule has 0 spiro atoms. The van der Waals surface area contributed by atoms with Gasteiger partial charge in [-0.1, -0.05) is 32.5 Å². The van der Waals surface area contributed by atoms with Gasteiger partial charge in [0.1, 0.15) is 0 Å². The molecule has 0 atom stereocenters. The second-order valence-electron chi connectivity index (χ2n) is 6.09. The van der Waals surface area contributed by atoms with Gasteiger partial charge in [0.2, 0.25) is 11.8 Å². The molecule has 0 aromatic carbocycles. The lowest BCUT2D eigenvalue weighted by molar-refractivity contribution is -0.141. The molecule has 0 saturated carbocycles. The Bertz CT molecular complexity index is 393. The van der Waals surface area contributed by atoms with Crippen LogP contribution >= 0.6 is 11.8 Å². The van der Waals surface area contributed by atoms with Crippen molar-refractivity contribution < 1.29 is 14.4 Å². The van der Waals surface area contributed by atoms with Gasteiger partial charge in [0.05, 0.1) is 5.75 Å². The molecular formula is C13H20N2O3S. The summed E-state index contributed by atoms with van der Waals surface area (Å²) in [7, 11) is 0. The highest BCUT2D eigenvalue weighted by Gasteiger charge is 2.39. The first-order chi connectivity index (χ1) is 8.80. The smallest absolute Gasteiger partial charge is 0.289 e. The lowest BCUT2D eigenvalue weighted by Gasteiger charge is -2.38. The van der Waals surface area contributed by atoms with Crippen LogP contribution in [0.4, 0.5) is 4.79 Å². The molecule has 2 fully saturated rings. The molecule has 0 aromatic heterocycles. The second-order valence-corrected chi connectivity index (χ2v) is 7.02. The van der Waals surface area contributed by atoms with Crippen LogP contribution in [0.5, 0.6) is 0 Å². The molecule has 5 nitrogen and oxygen atoms in total. The molecule has 2 rings (SSSR count). The minimum Gasteiger partial charge on any atom is -0.342 e. The van der Waals surface area contributed by atoms with Gasteiger partial charge >= 0.3 is 0 Å². The molecule has 3 amide bonds. The Kier molecular flexibility index (Phi) is 3.90. The molecule has 2 aliphatic heterocycles. The summed E-state index contributed by atoms with van der Waals surface area (Å²) in [6.07, 6.45) is 1.39. The van der Waals surface area contributed by atoms with E-state index in [9.17, 15) is 14.4 Å². The molecule has 106 valence electrons. The number of carbonyl (C=O) groups is 3. The third kappa shape index (κ3) is 2.94. The van der Waals surface area contributed by atoms with E-state index in [1.165, 1.54) is 4.90 Å². The molecule has 0 N–H and O–H groups in total. The Labute approximate surface area is 117 Å². The van der Waals surface area contributed by atoms with E-state index < -0.39 is 0 Å². The minimum absolute atomic E-state index is 0.0287. The molecule has 2 heterocycles. The Morgan fingerprint density at radius 2 is 1.79 bits per heavy atom. The molecule has 2 saturated heterocycles. The fraction of sp³-hybridized carbons (Fsp3) is 0.769. The zero-order chi connectivity index (χ0) is 14.2. The Balaban J connectivity index is 1.94.